The van der Waals surface area contributed by atoms with Crippen molar-refractivity contribution < 1.29 is 14.4 Å². The van der Waals surface area contributed by atoms with E-state index in [9.17, 15) is 10.1 Å². The molecular formula is C37H59NO4. The summed E-state index contributed by atoms with van der Waals surface area (Å²) in [5.41, 5.74) is 1.74. The summed E-state index contributed by atoms with van der Waals surface area (Å²) in [7, 11) is 0. The molecule has 0 heterocycles. The van der Waals surface area contributed by atoms with Crippen LogP contribution in [0.25, 0.3) is 0 Å². The highest BCUT2D eigenvalue weighted by Gasteiger charge is 2.33. The Bertz CT molecular complexity index is 1030. The Hall–Kier alpha value is -2.56. The Morgan fingerprint density at radius 3 is 1.71 bits per heavy atom. The Kier molecular flexibility index (Phi) is 16.0. The number of nitrogens with zero attached hydrogens (tertiary/aromatic N) is 1. The van der Waals surface area contributed by atoms with E-state index in [4.69, 9.17) is 9.47 Å². The van der Waals surface area contributed by atoms with Crippen molar-refractivity contribution in [3.63, 3.8) is 0 Å². The lowest BCUT2D eigenvalue weighted by atomic mass is 9.72. The van der Waals surface area contributed by atoms with Crippen LogP contribution in [0, 0.1) is 15.5 Å². The number of hydrogen-bond donors (Lipinski definition) is 0. The molecule has 2 aromatic carbocycles. The van der Waals surface area contributed by atoms with Crippen molar-refractivity contribution in [1.82, 2.24) is 0 Å². The molecule has 0 aromatic heterocycles. The molecular weight excluding hydrogens is 522 g/mol. The zero-order valence-electron chi connectivity index (χ0n) is 27.6. The Balaban J connectivity index is 1.92. The fraction of sp³-hybridized carbons (Fsp3) is 0.676. The van der Waals surface area contributed by atoms with Crippen LogP contribution in [-0.2, 0) is 12.0 Å². The highest BCUT2D eigenvalue weighted by molar-refractivity contribution is 5.57. The summed E-state index contributed by atoms with van der Waals surface area (Å²) in [6.07, 6.45) is 19.2. The second-order valence-electron chi connectivity index (χ2n) is 13.9. The summed E-state index contributed by atoms with van der Waals surface area (Å²) >= 11 is 0. The molecule has 0 saturated heterocycles. The average molecular weight is 582 g/mol. The highest BCUT2D eigenvalue weighted by Crippen LogP contribution is 2.45. The molecule has 5 heteroatoms. The molecule has 0 N–H and O–H groups in total. The first-order valence-corrected chi connectivity index (χ1v) is 16.7. The van der Waals surface area contributed by atoms with Gasteiger partial charge in [-0.3, -0.25) is 10.1 Å². The van der Waals surface area contributed by atoms with E-state index in [0.29, 0.717) is 18.1 Å². The van der Waals surface area contributed by atoms with Crippen LogP contribution in [0.3, 0.4) is 0 Å². The van der Waals surface area contributed by atoms with E-state index in [1.54, 1.807) is 6.07 Å². The zero-order valence-corrected chi connectivity index (χ0v) is 27.6. The Labute approximate surface area is 256 Å². The number of ether oxygens (including phenoxy) is 2. The number of rotatable bonds is 22. The van der Waals surface area contributed by atoms with Crippen molar-refractivity contribution in [1.29, 1.82) is 0 Å². The molecule has 0 aliphatic rings. The van der Waals surface area contributed by atoms with Gasteiger partial charge in [-0.1, -0.05) is 155 Å². The van der Waals surface area contributed by atoms with E-state index in [2.05, 4.69) is 41.5 Å². The fourth-order valence-electron chi connectivity index (χ4n) is 6.09. The second-order valence-corrected chi connectivity index (χ2v) is 13.9. The van der Waals surface area contributed by atoms with Crippen molar-refractivity contribution in [2.24, 2.45) is 5.41 Å². The van der Waals surface area contributed by atoms with Crippen LogP contribution in [0.5, 0.6) is 11.5 Å². The SMILES string of the molecule is CCCCCCCCCCCCCCCCOc1cc([N+](=O)[O-])c(OCc2ccccc2)cc1C(C)(C)CC(C)(C)C. The lowest BCUT2D eigenvalue weighted by Crippen LogP contribution is -2.26. The molecule has 2 rings (SSSR count). The summed E-state index contributed by atoms with van der Waals surface area (Å²) in [5, 5.41) is 12.1. The topological polar surface area (TPSA) is 61.6 Å². The van der Waals surface area contributed by atoms with Gasteiger partial charge in [-0.25, -0.2) is 0 Å². The summed E-state index contributed by atoms with van der Waals surface area (Å²) in [6.45, 7) is 14.2. The molecule has 0 radical (unpaired) electrons. The number of hydrogen-bond acceptors (Lipinski definition) is 4. The van der Waals surface area contributed by atoms with E-state index in [1.807, 2.05) is 36.4 Å². The summed E-state index contributed by atoms with van der Waals surface area (Å²) in [6, 6.07) is 13.2. The van der Waals surface area contributed by atoms with Crippen LogP contribution >= 0.6 is 0 Å². The predicted octanol–water partition coefficient (Wildman–Crippen LogP) is 11.7. The predicted molar refractivity (Wildman–Crippen MR) is 177 cm³/mol. The van der Waals surface area contributed by atoms with E-state index in [-0.39, 0.29) is 28.0 Å². The smallest absolute Gasteiger partial charge is 0.314 e. The Morgan fingerprint density at radius 2 is 1.21 bits per heavy atom. The van der Waals surface area contributed by atoms with Gasteiger partial charge in [-0.05, 0) is 35.3 Å². The van der Waals surface area contributed by atoms with E-state index >= 15 is 0 Å². The average Bonchev–Trinajstić information content (AvgIpc) is 2.93. The van der Waals surface area contributed by atoms with Crippen molar-refractivity contribution >= 4 is 5.69 Å². The van der Waals surface area contributed by atoms with Crippen molar-refractivity contribution in [3.8, 4) is 11.5 Å². The van der Waals surface area contributed by atoms with Gasteiger partial charge in [0, 0.05) is 5.56 Å². The van der Waals surface area contributed by atoms with Crippen LogP contribution in [0.4, 0.5) is 5.69 Å². The lowest BCUT2D eigenvalue weighted by molar-refractivity contribution is -0.386. The molecule has 42 heavy (non-hydrogen) atoms. The van der Waals surface area contributed by atoms with Gasteiger partial charge in [0.25, 0.3) is 0 Å². The maximum absolute atomic E-state index is 12.1. The van der Waals surface area contributed by atoms with Gasteiger partial charge < -0.3 is 9.47 Å². The molecule has 0 aliphatic heterocycles. The largest absolute Gasteiger partial charge is 0.493 e. The molecule has 5 nitrogen and oxygen atoms in total. The van der Waals surface area contributed by atoms with Crippen LogP contribution in [0.2, 0.25) is 0 Å². The molecule has 0 fully saturated rings. The van der Waals surface area contributed by atoms with Crippen molar-refractivity contribution in [3.05, 3.63) is 63.7 Å². The van der Waals surface area contributed by atoms with Gasteiger partial charge >= 0.3 is 5.69 Å². The number of benzene rings is 2. The highest BCUT2D eigenvalue weighted by atomic mass is 16.6. The van der Waals surface area contributed by atoms with Gasteiger partial charge in [0.2, 0.25) is 0 Å². The molecule has 0 spiro atoms. The van der Waals surface area contributed by atoms with E-state index < -0.39 is 0 Å². The maximum atomic E-state index is 12.1. The molecule has 0 bridgehead atoms. The lowest BCUT2D eigenvalue weighted by Gasteiger charge is -2.34. The van der Waals surface area contributed by atoms with Gasteiger partial charge in [0.05, 0.1) is 17.6 Å². The first-order valence-electron chi connectivity index (χ1n) is 16.7. The van der Waals surface area contributed by atoms with Gasteiger partial charge in [0.15, 0.2) is 5.75 Å². The minimum Gasteiger partial charge on any atom is -0.493 e. The quantitative estimate of drug-likeness (QED) is 0.0788. The van der Waals surface area contributed by atoms with Crippen LogP contribution in [-0.4, -0.2) is 11.5 Å². The standard InChI is InChI=1S/C37H59NO4/c1-7-8-9-10-11-12-13-14-15-16-17-18-19-23-26-41-34-28-33(38(39)40)35(42-29-31-24-21-20-22-25-31)27-32(34)37(5,6)30-36(2,3)4/h20-22,24-25,27-28H,7-19,23,26,29-30H2,1-6H3. The van der Waals surface area contributed by atoms with Crippen LogP contribution in [0.15, 0.2) is 42.5 Å². The monoisotopic (exact) mass is 581 g/mol. The molecule has 0 atom stereocenters. The summed E-state index contributed by atoms with van der Waals surface area (Å²) < 4.78 is 12.3. The molecule has 0 aliphatic carbocycles. The third-order valence-corrected chi connectivity index (χ3v) is 7.95. The van der Waals surface area contributed by atoms with Gasteiger partial charge in [0.1, 0.15) is 12.4 Å². The van der Waals surface area contributed by atoms with Crippen molar-refractivity contribution in [2.45, 2.75) is 150 Å². The minimum absolute atomic E-state index is 0.0443. The zero-order chi connectivity index (χ0) is 30.8. The molecule has 0 unspecified atom stereocenters. The number of unbranched alkanes of at least 4 members (excludes halogenated alkanes) is 13. The number of nitro groups is 1. The first kappa shape index (κ1) is 35.6. The van der Waals surface area contributed by atoms with Gasteiger partial charge in [-0.15, -0.1) is 0 Å². The molecule has 236 valence electrons. The summed E-state index contributed by atoms with van der Waals surface area (Å²) in [4.78, 5) is 11.7. The summed E-state index contributed by atoms with van der Waals surface area (Å²) in [5.74, 6) is 0.905. The van der Waals surface area contributed by atoms with Gasteiger partial charge in [-0.2, -0.15) is 0 Å². The van der Waals surface area contributed by atoms with Crippen molar-refractivity contribution in [2.75, 3.05) is 6.61 Å². The number of nitro benzene ring substituents is 1. The molecule has 0 amide bonds. The van der Waals surface area contributed by atoms with E-state index in [1.165, 1.54) is 77.0 Å². The van der Waals surface area contributed by atoms with Crippen LogP contribution in [0.1, 0.15) is 149 Å². The molecule has 2 aromatic rings. The van der Waals surface area contributed by atoms with Crippen LogP contribution < -0.4 is 9.47 Å². The molecule has 0 saturated carbocycles. The Morgan fingerprint density at radius 1 is 0.690 bits per heavy atom. The second kappa shape index (κ2) is 18.9. The fourth-order valence-corrected chi connectivity index (χ4v) is 6.09. The maximum Gasteiger partial charge on any atom is 0.314 e. The minimum atomic E-state index is -0.361. The third-order valence-electron chi connectivity index (χ3n) is 7.95. The first-order chi connectivity index (χ1) is 20.0. The van der Waals surface area contributed by atoms with E-state index in [0.717, 1.165) is 30.4 Å². The third kappa shape index (κ3) is 14.1. The normalized spacial score (nSPS) is 12.0.